The number of nitrogens with zero attached hydrogens (tertiary/aromatic N) is 2. The number of aryl methyl sites for hydroxylation is 2. The summed E-state index contributed by atoms with van der Waals surface area (Å²) < 4.78 is 14.5. The Morgan fingerprint density at radius 3 is 2.82 bits per heavy atom. The highest BCUT2D eigenvalue weighted by Gasteiger charge is 2.17. The number of nitriles is 1. The number of halogens is 2. The first-order chi connectivity index (χ1) is 10.5. The normalized spacial score (nSPS) is 10.9. The first-order valence-corrected chi connectivity index (χ1v) is 7.20. The molecule has 0 amide bonds. The third kappa shape index (κ3) is 2.34. The van der Waals surface area contributed by atoms with Crippen molar-refractivity contribution < 1.29 is 4.39 Å². The van der Waals surface area contributed by atoms with Crippen LogP contribution in [-0.4, -0.2) is 9.97 Å². The van der Waals surface area contributed by atoms with E-state index in [1.54, 1.807) is 12.3 Å². The maximum Gasteiger partial charge on any atom is 0.129 e. The van der Waals surface area contributed by atoms with Crippen molar-refractivity contribution in [1.82, 2.24) is 9.97 Å². The Hall–Kier alpha value is -2.38. The van der Waals surface area contributed by atoms with Crippen LogP contribution in [0.2, 0.25) is 5.15 Å². The van der Waals surface area contributed by atoms with Crippen molar-refractivity contribution in [3.05, 3.63) is 63.3 Å². The second kappa shape index (κ2) is 5.43. The highest BCUT2D eigenvalue weighted by molar-refractivity contribution is 6.29. The summed E-state index contributed by atoms with van der Waals surface area (Å²) in [6, 6.07) is 6.87. The van der Waals surface area contributed by atoms with Gasteiger partial charge >= 0.3 is 0 Å². The summed E-state index contributed by atoms with van der Waals surface area (Å²) in [7, 11) is 0. The van der Waals surface area contributed by atoms with E-state index in [1.165, 1.54) is 6.07 Å². The second-order valence-corrected chi connectivity index (χ2v) is 5.67. The molecule has 0 spiro atoms. The van der Waals surface area contributed by atoms with Crippen LogP contribution in [0.25, 0.3) is 10.9 Å². The molecule has 1 aromatic carbocycles. The predicted molar refractivity (Wildman–Crippen MR) is 84.5 cm³/mol. The van der Waals surface area contributed by atoms with Gasteiger partial charge in [0.15, 0.2) is 0 Å². The lowest BCUT2D eigenvalue weighted by Crippen LogP contribution is -1.97. The molecule has 0 atom stereocenters. The summed E-state index contributed by atoms with van der Waals surface area (Å²) in [5.41, 5.74) is 4.35. The number of H-pyrrole nitrogens is 1. The highest BCUT2D eigenvalue weighted by atomic mass is 35.5. The molecule has 0 unspecified atom stereocenters. The van der Waals surface area contributed by atoms with E-state index in [-0.39, 0.29) is 5.82 Å². The smallest absolute Gasteiger partial charge is 0.129 e. The summed E-state index contributed by atoms with van der Waals surface area (Å²) >= 11 is 5.90. The lowest BCUT2D eigenvalue weighted by molar-refractivity contribution is 0.616. The number of nitrogens with one attached hydrogen (secondary N) is 1. The lowest BCUT2D eigenvalue weighted by atomic mass is 9.97. The lowest BCUT2D eigenvalue weighted by Gasteiger charge is -2.08. The minimum absolute atomic E-state index is 0.320. The average molecular weight is 314 g/mol. The van der Waals surface area contributed by atoms with Gasteiger partial charge < -0.3 is 4.98 Å². The van der Waals surface area contributed by atoms with Gasteiger partial charge in [0.1, 0.15) is 17.0 Å². The van der Waals surface area contributed by atoms with Crippen LogP contribution >= 0.6 is 11.6 Å². The van der Waals surface area contributed by atoms with Crippen LogP contribution < -0.4 is 0 Å². The predicted octanol–water partition coefficient (Wildman–Crippen LogP) is 4.43. The van der Waals surface area contributed by atoms with E-state index in [4.69, 9.17) is 11.6 Å². The fourth-order valence-corrected chi connectivity index (χ4v) is 2.92. The summed E-state index contributed by atoms with van der Waals surface area (Å²) in [4.78, 5) is 7.12. The quantitative estimate of drug-likeness (QED) is 0.711. The largest absolute Gasteiger partial charge is 0.357 e. The Morgan fingerprint density at radius 1 is 1.36 bits per heavy atom. The molecule has 2 aromatic heterocycles. The van der Waals surface area contributed by atoms with Crippen molar-refractivity contribution in [3.63, 3.8) is 0 Å². The fourth-order valence-electron chi connectivity index (χ4n) is 2.72. The summed E-state index contributed by atoms with van der Waals surface area (Å²) in [5, 5.41) is 10.4. The van der Waals surface area contributed by atoms with Crippen LogP contribution in [0.15, 0.2) is 24.4 Å². The van der Waals surface area contributed by atoms with Crippen LogP contribution in [-0.2, 0) is 6.42 Å². The van der Waals surface area contributed by atoms with E-state index >= 15 is 0 Å². The van der Waals surface area contributed by atoms with Crippen molar-refractivity contribution in [2.45, 2.75) is 20.3 Å². The first kappa shape index (κ1) is 14.6. The zero-order chi connectivity index (χ0) is 15.9. The number of hydrogen-bond donors (Lipinski definition) is 1. The van der Waals surface area contributed by atoms with Crippen LogP contribution in [0.4, 0.5) is 4.39 Å². The van der Waals surface area contributed by atoms with E-state index in [2.05, 4.69) is 9.97 Å². The Balaban J connectivity index is 2.25. The number of aromatic nitrogens is 2. The third-order valence-corrected chi connectivity index (χ3v) is 4.13. The van der Waals surface area contributed by atoms with Crippen molar-refractivity contribution in [3.8, 4) is 6.07 Å². The molecular formula is C17H13ClFN3. The molecule has 2 heterocycles. The molecular weight excluding hydrogens is 301 g/mol. The van der Waals surface area contributed by atoms with Gasteiger partial charge in [-0.3, -0.25) is 0 Å². The molecule has 3 aromatic rings. The van der Waals surface area contributed by atoms with E-state index in [0.29, 0.717) is 28.2 Å². The Kier molecular flexibility index (Phi) is 3.59. The molecule has 0 aliphatic carbocycles. The van der Waals surface area contributed by atoms with Crippen LogP contribution in [0.5, 0.6) is 0 Å². The van der Waals surface area contributed by atoms with Gasteiger partial charge in [-0.1, -0.05) is 11.6 Å². The van der Waals surface area contributed by atoms with Crippen molar-refractivity contribution in [2.24, 2.45) is 0 Å². The number of rotatable bonds is 2. The SMILES string of the molecule is Cc1[nH]c2c(C#N)cc(F)c(Cc3ccnc(Cl)c3)c2c1C. The minimum atomic E-state index is -0.376. The van der Waals surface area contributed by atoms with Crippen LogP contribution in [0.1, 0.15) is 27.9 Å². The molecule has 0 saturated heterocycles. The Morgan fingerprint density at radius 2 is 2.14 bits per heavy atom. The molecule has 0 saturated carbocycles. The number of benzene rings is 1. The van der Waals surface area contributed by atoms with Crippen molar-refractivity contribution in [1.29, 1.82) is 5.26 Å². The molecule has 0 aliphatic heterocycles. The molecule has 5 heteroatoms. The van der Waals surface area contributed by atoms with Crippen LogP contribution in [0.3, 0.4) is 0 Å². The van der Waals surface area contributed by atoms with Crippen molar-refractivity contribution >= 4 is 22.5 Å². The van der Waals surface area contributed by atoms with Crippen LogP contribution in [0, 0.1) is 31.0 Å². The van der Waals surface area contributed by atoms with Crippen molar-refractivity contribution in [2.75, 3.05) is 0 Å². The standard InChI is InChI=1S/C17H13ClFN3/c1-9-10(2)22-17-12(8-20)7-14(19)13(16(9)17)5-11-3-4-21-15(18)6-11/h3-4,6-7,22H,5H2,1-2H3. The molecule has 0 aliphatic rings. The molecule has 3 nitrogen and oxygen atoms in total. The number of fused-ring (bicyclic) bond motifs is 1. The van der Waals surface area contributed by atoms with Gasteiger partial charge in [0.05, 0.1) is 11.1 Å². The highest BCUT2D eigenvalue weighted by Crippen LogP contribution is 2.31. The molecule has 0 radical (unpaired) electrons. The van der Waals surface area contributed by atoms with Gasteiger partial charge in [0, 0.05) is 29.3 Å². The molecule has 0 bridgehead atoms. The summed E-state index contributed by atoms with van der Waals surface area (Å²) in [6.07, 6.45) is 2.00. The maximum atomic E-state index is 14.5. The molecule has 3 rings (SSSR count). The number of aromatic amines is 1. The number of hydrogen-bond acceptors (Lipinski definition) is 2. The number of pyridine rings is 1. The van der Waals surface area contributed by atoms with Gasteiger partial charge in [0.25, 0.3) is 0 Å². The first-order valence-electron chi connectivity index (χ1n) is 6.82. The maximum absolute atomic E-state index is 14.5. The Bertz CT molecular complexity index is 922. The van der Waals surface area contributed by atoms with Gasteiger partial charge in [-0.25, -0.2) is 9.37 Å². The van der Waals surface area contributed by atoms with Gasteiger partial charge in [-0.15, -0.1) is 0 Å². The van der Waals surface area contributed by atoms with E-state index in [0.717, 1.165) is 22.2 Å². The average Bonchev–Trinajstić information content (AvgIpc) is 2.78. The van der Waals surface area contributed by atoms with Gasteiger partial charge in [-0.2, -0.15) is 5.26 Å². The molecule has 110 valence electrons. The van der Waals surface area contributed by atoms with Gasteiger partial charge in [-0.05, 0) is 43.2 Å². The van der Waals surface area contributed by atoms with E-state index in [1.807, 2.05) is 26.0 Å². The zero-order valence-corrected chi connectivity index (χ0v) is 12.9. The van der Waals surface area contributed by atoms with E-state index in [9.17, 15) is 9.65 Å². The molecule has 22 heavy (non-hydrogen) atoms. The monoisotopic (exact) mass is 313 g/mol. The molecule has 1 N–H and O–H groups in total. The summed E-state index contributed by atoms with van der Waals surface area (Å²) in [5.74, 6) is -0.376. The molecule has 0 fully saturated rings. The minimum Gasteiger partial charge on any atom is -0.357 e. The fraction of sp³-hybridized carbons (Fsp3) is 0.176. The zero-order valence-electron chi connectivity index (χ0n) is 12.2. The Labute approximate surface area is 132 Å². The van der Waals surface area contributed by atoms with Gasteiger partial charge in [0.2, 0.25) is 0 Å². The summed E-state index contributed by atoms with van der Waals surface area (Å²) in [6.45, 7) is 3.85. The second-order valence-electron chi connectivity index (χ2n) is 5.28. The third-order valence-electron chi connectivity index (χ3n) is 3.92. The topological polar surface area (TPSA) is 52.5 Å². The van der Waals surface area contributed by atoms with E-state index < -0.39 is 0 Å².